The second-order valence-electron chi connectivity index (χ2n) is 3.79. The average molecular weight is 124 g/mol. The van der Waals surface area contributed by atoms with E-state index in [1.54, 1.807) is 6.42 Å². The minimum absolute atomic E-state index is 0.859. The van der Waals surface area contributed by atoms with Crippen LogP contribution in [-0.2, 0) is 4.74 Å². The Morgan fingerprint density at radius 3 is 2.11 bits per heavy atom. The van der Waals surface area contributed by atoms with E-state index in [1.807, 2.05) is 0 Å². The van der Waals surface area contributed by atoms with E-state index in [4.69, 9.17) is 4.74 Å². The predicted octanol–water partition coefficient (Wildman–Crippen LogP) is 1.43. The summed E-state index contributed by atoms with van der Waals surface area (Å²) in [5.74, 6) is 2.34. The summed E-state index contributed by atoms with van der Waals surface area (Å²) in [4.78, 5) is 0. The Kier molecular flexibility index (Phi) is 0.628. The van der Waals surface area contributed by atoms with Crippen LogP contribution in [0.3, 0.4) is 0 Å². The molecule has 2 unspecified atom stereocenters. The molecule has 1 spiro atoms. The first kappa shape index (κ1) is 4.73. The van der Waals surface area contributed by atoms with Gasteiger partial charge in [0, 0.05) is 13.2 Å². The van der Waals surface area contributed by atoms with E-state index < -0.39 is 0 Å². The van der Waals surface area contributed by atoms with Crippen molar-refractivity contribution >= 4 is 0 Å². The standard InChI is InChI=1S/C8H12O/c1-3-9-4-2-8(1)6-5-7(6)8/h6-7H,1-5H2. The minimum Gasteiger partial charge on any atom is -0.381 e. The molecule has 9 heavy (non-hydrogen) atoms. The van der Waals surface area contributed by atoms with Gasteiger partial charge in [-0.3, -0.25) is 0 Å². The summed E-state index contributed by atoms with van der Waals surface area (Å²) >= 11 is 0. The second-order valence-corrected chi connectivity index (χ2v) is 3.79. The lowest BCUT2D eigenvalue weighted by Gasteiger charge is -2.26. The van der Waals surface area contributed by atoms with Crippen LogP contribution in [0.4, 0.5) is 0 Å². The molecule has 0 radical (unpaired) electrons. The molecule has 0 aromatic heterocycles. The highest BCUT2D eigenvalue weighted by Crippen LogP contribution is 2.81. The van der Waals surface area contributed by atoms with E-state index in [0.29, 0.717) is 0 Å². The SMILES string of the molecule is C1CC2(CCO1)C1CC12. The fourth-order valence-electron chi connectivity index (χ4n) is 2.67. The Hall–Kier alpha value is -0.0400. The summed E-state index contributed by atoms with van der Waals surface area (Å²) in [7, 11) is 0. The molecule has 50 valence electrons. The van der Waals surface area contributed by atoms with E-state index in [1.165, 1.54) is 24.7 Å². The van der Waals surface area contributed by atoms with Gasteiger partial charge in [-0.15, -0.1) is 0 Å². The van der Waals surface area contributed by atoms with Crippen LogP contribution in [0.25, 0.3) is 0 Å². The van der Waals surface area contributed by atoms with Crippen LogP contribution in [0.2, 0.25) is 0 Å². The highest BCUT2D eigenvalue weighted by molar-refractivity contribution is 5.23. The van der Waals surface area contributed by atoms with Gasteiger partial charge in [-0.25, -0.2) is 0 Å². The molecule has 2 saturated carbocycles. The Labute approximate surface area is 55.4 Å². The number of hydrogen-bond acceptors (Lipinski definition) is 1. The zero-order valence-electron chi connectivity index (χ0n) is 5.60. The van der Waals surface area contributed by atoms with Crippen molar-refractivity contribution in [3.05, 3.63) is 0 Å². The van der Waals surface area contributed by atoms with Gasteiger partial charge in [-0.1, -0.05) is 0 Å². The van der Waals surface area contributed by atoms with Crippen LogP contribution < -0.4 is 0 Å². The fourth-order valence-corrected chi connectivity index (χ4v) is 2.67. The van der Waals surface area contributed by atoms with Crippen LogP contribution in [0.15, 0.2) is 0 Å². The van der Waals surface area contributed by atoms with Crippen molar-refractivity contribution in [3.63, 3.8) is 0 Å². The van der Waals surface area contributed by atoms with E-state index in [0.717, 1.165) is 18.6 Å². The van der Waals surface area contributed by atoms with Gasteiger partial charge in [0.1, 0.15) is 0 Å². The first-order valence-corrected chi connectivity index (χ1v) is 4.01. The topological polar surface area (TPSA) is 9.23 Å². The predicted molar refractivity (Wildman–Crippen MR) is 34.1 cm³/mol. The normalized spacial score (nSPS) is 50.7. The van der Waals surface area contributed by atoms with Gasteiger partial charge in [0.2, 0.25) is 0 Å². The molecule has 1 nitrogen and oxygen atoms in total. The summed E-state index contributed by atoms with van der Waals surface area (Å²) in [5, 5.41) is 0. The highest BCUT2D eigenvalue weighted by Gasteiger charge is 2.75. The van der Waals surface area contributed by atoms with Gasteiger partial charge in [0.15, 0.2) is 0 Å². The molecule has 0 aromatic carbocycles. The van der Waals surface area contributed by atoms with Crippen molar-refractivity contribution in [2.24, 2.45) is 17.3 Å². The highest BCUT2D eigenvalue weighted by atomic mass is 16.5. The monoisotopic (exact) mass is 124 g/mol. The molecule has 1 saturated heterocycles. The van der Waals surface area contributed by atoms with E-state index in [-0.39, 0.29) is 0 Å². The Bertz CT molecular complexity index is 137. The number of rotatable bonds is 0. The number of ether oxygens (including phenoxy) is 1. The van der Waals surface area contributed by atoms with Crippen molar-refractivity contribution in [3.8, 4) is 0 Å². The lowest BCUT2D eigenvalue weighted by Crippen LogP contribution is -2.22. The van der Waals surface area contributed by atoms with Crippen molar-refractivity contribution in [2.75, 3.05) is 13.2 Å². The molecule has 1 heteroatoms. The zero-order valence-corrected chi connectivity index (χ0v) is 5.60. The molecule has 2 atom stereocenters. The third kappa shape index (κ3) is 0.420. The first-order valence-electron chi connectivity index (χ1n) is 4.01. The summed E-state index contributed by atoms with van der Waals surface area (Å²) in [5.41, 5.74) is 0.859. The summed E-state index contributed by atoms with van der Waals surface area (Å²) < 4.78 is 5.31. The number of hydrogen-bond donors (Lipinski definition) is 0. The molecular formula is C8H12O. The zero-order chi connectivity index (χ0) is 5.90. The van der Waals surface area contributed by atoms with Crippen LogP contribution in [0.1, 0.15) is 19.3 Å². The Morgan fingerprint density at radius 1 is 1.11 bits per heavy atom. The molecule has 0 aromatic rings. The summed E-state index contributed by atoms with van der Waals surface area (Å²) in [6, 6.07) is 0. The van der Waals surface area contributed by atoms with Crippen LogP contribution >= 0.6 is 0 Å². The maximum Gasteiger partial charge on any atom is 0.0471 e. The third-order valence-electron chi connectivity index (χ3n) is 3.58. The molecule has 1 aliphatic heterocycles. The van der Waals surface area contributed by atoms with E-state index in [9.17, 15) is 0 Å². The number of fused-ring (bicyclic) bond motifs is 3. The molecule has 0 amide bonds. The quantitative estimate of drug-likeness (QED) is 0.474. The van der Waals surface area contributed by atoms with Gasteiger partial charge in [0.05, 0.1) is 0 Å². The lowest BCUT2D eigenvalue weighted by molar-refractivity contribution is 0.0372. The summed E-state index contributed by atoms with van der Waals surface area (Å²) in [6.45, 7) is 2.10. The Balaban J connectivity index is 1.78. The molecule has 0 bridgehead atoms. The van der Waals surface area contributed by atoms with E-state index in [2.05, 4.69) is 0 Å². The summed E-state index contributed by atoms with van der Waals surface area (Å²) in [6.07, 6.45) is 4.31. The van der Waals surface area contributed by atoms with Crippen LogP contribution in [-0.4, -0.2) is 13.2 Å². The molecule has 3 aliphatic rings. The molecule has 3 fully saturated rings. The molecule has 3 rings (SSSR count). The molecular weight excluding hydrogens is 112 g/mol. The lowest BCUT2D eigenvalue weighted by atomic mass is 9.86. The van der Waals surface area contributed by atoms with Gasteiger partial charge < -0.3 is 4.74 Å². The van der Waals surface area contributed by atoms with Gasteiger partial charge in [0.25, 0.3) is 0 Å². The second kappa shape index (κ2) is 1.20. The van der Waals surface area contributed by atoms with Gasteiger partial charge in [-0.2, -0.15) is 0 Å². The van der Waals surface area contributed by atoms with Crippen LogP contribution in [0, 0.1) is 17.3 Å². The average Bonchev–Trinajstić information content (AvgIpc) is 2.76. The fraction of sp³-hybridized carbons (Fsp3) is 1.00. The van der Waals surface area contributed by atoms with E-state index >= 15 is 0 Å². The largest absolute Gasteiger partial charge is 0.381 e. The maximum absolute atomic E-state index is 5.31. The van der Waals surface area contributed by atoms with Crippen molar-refractivity contribution in [1.82, 2.24) is 0 Å². The molecule has 1 heterocycles. The molecule has 2 aliphatic carbocycles. The van der Waals surface area contributed by atoms with Crippen molar-refractivity contribution < 1.29 is 4.74 Å². The minimum atomic E-state index is 0.859. The molecule has 0 N–H and O–H groups in total. The van der Waals surface area contributed by atoms with Crippen LogP contribution in [0.5, 0.6) is 0 Å². The van der Waals surface area contributed by atoms with Crippen molar-refractivity contribution in [1.29, 1.82) is 0 Å². The van der Waals surface area contributed by atoms with Crippen molar-refractivity contribution in [2.45, 2.75) is 19.3 Å². The smallest absolute Gasteiger partial charge is 0.0471 e. The first-order chi connectivity index (χ1) is 4.43. The van der Waals surface area contributed by atoms with Gasteiger partial charge >= 0.3 is 0 Å². The Morgan fingerprint density at radius 2 is 1.78 bits per heavy atom. The third-order valence-corrected chi connectivity index (χ3v) is 3.58. The maximum atomic E-state index is 5.31. The van der Waals surface area contributed by atoms with Gasteiger partial charge in [-0.05, 0) is 36.5 Å².